The Bertz CT molecular complexity index is 467. The van der Waals surface area contributed by atoms with Crippen molar-refractivity contribution < 1.29 is 13.2 Å². The first-order chi connectivity index (χ1) is 9.80. The monoisotopic (exact) mass is 321 g/mol. The van der Waals surface area contributed by atoms with Gasteiger partial charge in [-0.3, -0.25) is 0 Å². The van der Waals surface area contributed by atoms with Gasteiger partial charge in [-0.15, -0.1) is 11.3 Å². The van der Waals surface area contributed by atoms with Crippen LogP contribution in [0.15, 0.2) is 0 Å². The van der Waals surface area contributed by atoms with Gasteiger partial charge in [0.15, 0.2) is 5.13 Å². The zero-order chi connectivity index (χ0) is 15.6. The van der Waals surface area contributed by atoms with E-state index in [9.17, 15) is 13.2 Å². The van der Waals surface area contributed by atoms with Crippen molar-refractivity contribution in [1.82, 2.24) is 10.3 Å². The molecule has 0 radical (unpaired) electrons. The molecule has 0 saturated heterocycles. The molecule has 2 rings (SSSR count). The van der Waals surface area contributed by atoms with Crippen molar-refractivity contribution in [2.75, 3.05) is 11.4 Å². The van der Waals surface area contributed by atoms with Crippen molar-refractivity contribution in [2.24, 2.45) is 0 Å². The second kappa shape index (κ2) is 6.52. The molecule has 0 aromatic carbocycles. The molecule has 0 unspecified atom stereocenters. The number of nitrogens with one attached hydrogen (secondary N) is 1. The molecule has 1 aliphatic carbocycles. The van der Waals surface area contributed by atoms with E-state index in [1.807, 2.05) is 6.92 Å². The largest absolute Gasteiger partial charge is 0.406 e. The van der Waals surface area contributed by atoms with Crippen LogP contribution in [0.2, 0.25) is 0 Å². The molecule has 0 spiro atoms. The molecule has 1 heterocycles. The minimum Gasteiger partial charge on any atom is -0.337 e. The Morgan fingerprint density at radius 2 is 2.05 bits per heavy atom. The first kappa shape index (κ1) is 16.5. The summed E-state index contributed by atoms with van der Waals surface area (Å²) in [4.78, 5) is 6.84. The zero-order valence-corrected chi connectivity index (χ0v) is 13.4. The minimum absolute atomic E-state index is 0.230. The fourth-order valence-electron chi connectivity index (χ4n) is 2.10. The van der Waals surface area contributed by atoms with Crippen LogP contribution < -0.4 is 10.2 Å². The average Bonchev–Trinajstić information content (AvgIpc) is 3.11. The van der Waals surface area contributed by atoms with Crippen LogP contribution in [0.1, 0.15) is 44.2 Å². The summed E-state index contributed by atoms with van der Waals surface area (Å²) in [7, 11) is 0. The summed E-state index contributed by atoms with van der Waals surface area (Å²) in [6.45, 7) is 5.28. The number of aromatic nitrogens is 1. The highest BCUT2D eigenvalue weighted by molar-refractivity contribution is 7.15. The van der Waals surface area contributed by atoms with Gasteiger partial charge in [0.2, 0.25) is 0 Å². The van der Waals surface area contributed by atoms with E-state index < -0.39 is 12.7 Å². The van der Waals surface area contributed by atoms with Crippen LogP contribution in [0.4, 0.5) is 18.3 Å². The summed E-state index contributed by atoms with van der Waals surface area (Å²) >= 11 is 1.38. The molecule has 1 aliphatic rings. The van der Waals surface area contributed by atoms with E-state index in [1.54, 1.807) is 13.8 Å². The first-order valence-electron chi connectivity index (χ1n) is 7.35. The molecule has 21 heavy (non-hydrogen) atoms. The maximum atomic E-state index is 12.7. The van der Waals surface area contributed by atoms with Crippen LogP contribution in [0.3, 0.4) is 0 Å². The highest BCUT2D eigenvalue weighted by atomic mass is 32.1. The fourth-order valence-corrected chi connectivity index (χ4v) is 3.33. The van der Waals surface area contributed by atoms with Crippen LogP contribution in [0.5, 0.6) is 0 Å². The number of thiazole rings is 1. The van der Waals surface area contributed by atoms with E-state index in [0.29, 0.717) is 17.7 Å². The summed E-state index contributed by atoms with van der Waals surface area (Å²) in [5, 5.41) is 3.89. The molecule has 0 bridgehead atoms. The Hall–Kier alpha value is -0.820. The normalized spacial score (nSPS) is 15.8. The van der Waals surface area contributed by atoms with E-state index in [4.69, 9.17) is 0 Å². The predicted octanol–water partition coefficient (Wildman–Crippen LogP) is 3.73. The van der Waals surface area contributed by atoms with Gasteiger partial charge >= 0.3 is 6.18 Å². The lowest BCUT2D eigenvalue weighted by Crippen LogP contribution is -2.39. The fraction of sp³-hybridized carbons (Fsp3) is 0.786. The van der Waals surface area contributed by atoms with Crippen molar-refractivity contribution >= 4 is 16.5 Å². The van der Waals surface area contributed by atoms with Gasteiger partial charge in [-0.05, 0) is 33.1 Å². The number of rotatable bonds is 7. The number of anilines is 1. The molecule has 1 aromatic rings. The van der Waals surface area contributed by atoms with Crippen molar-refractivity contribution in [1.29, 1.82) is 0 Å². The Kier molecular flexibility index (Phi) is 5.14. The maximum absolute atomic E-state index is 12.7. The topological polar surface area (TPSA) is 28.2 Å². The van der Waals surface area contributed by atoms with Gasteiger partial charge in [0.1, 0.15) is 6.54 Å². The van der Waals surface area contributed by atoms with Gasteiger partial charge in [0, 0.05) is 23.5 Å². The van der Waals surface area contributed by atoms with Crippen LogP contribution in [0.25, 0.3) is 0 Å². The smallest absolute Gasteiger partial charge is 0.337 e. The van der Waals surface area contributed by atoms with Crippen molar-refractivity contribution in [3.05, 3.63) is 10.6 Å². The average molecular weight is 321 g/mol. The van der Waals surface area contributed by atoms with Gasteiger partial charge < -0.3 is 10.2 Å². The second-order valence-electron chi connectivity index (χ2n) is 5.71. The lowest BCUT2D eigenvalue weighted by molar-refractivity contribution is -0.120. The van der Waals surface area contributed by atoms with E-state index in [1.165, 1.54) is 29.1 Å². The van der Waals surface area contributed by atoms with Crippen LogP contribution in [-0.4, -0.2) is 29.8 Å². The van der Waals surface area contributed by atoms with Gasteiger partial charge in [0.05, 0.1) is 5.69 Å². The minimum atomic E-state index is -4.21. The maximum Gasteiger partial charge on any atom is 0.406 e. The van der Waals surface area contributed by atoms with Crippen molar-refractivity contribution in [3.8, 4) is 0 Å². The van der Waals surface area contributed by atoms with E-state index >= 15 is 0 Å². The van der Waals surface area contributed by atoms with E-state index in [0.717, 1.165) is 17.0 Å². The molecule has 1 aromatic heterocycles. The number of hydrogen-bond acceptors (Lipinski definition) is 4. The van der Waals surface area contributed by atoms with Crippen molar-refractivity contribution in [2.45, 2.75) is 64.8 Å². The van der Waals surface area contributed by atoms with Crippen LogP contribution >= 0.6 is 11.3 Å². The molecule has 1 N–H and O–H groups in total. The highest BCUT2D eigenvalue weighted by Crippen LogP contribution is 2.31. The van der Waals surface area contributed by atoms with E-state index in [2.05, 4.69) is 10.3 Å². The molecule has 120 valence electrons. The van der Waals surface area contributed by atoms with Crippen molar-refractivity contribution in [3.63, 3.8) is 0 Å². The standard InChI is InChI=1S/C14H22F3N3S/c1-4-11-12(7-18-10-5-6-10)21-13(19-11)20(9(2)3)8-14(15,16)17/h9-10,18H,4-8H2,1-3H3. The lowest BCUT2D eigenvalue weighted by atomic mass is 10.3. The predicted molar refractivity (Wildman–Crippen MR) is 79.9 cm³/mol. The Labute approximate surface area is 127 Å². The third-order valence-electron chi connectivity index (χ3n) is 3.45. The number of aryl methyl sites for hydroxylation is 1. The number of halogens is 3. The summed E-state index contributed by atoms with van der Waals surface area (Å²) in [5.41, 5.74) is 0.913. The molecule has 1 fully saturated rings. The molecule has 0 atom stereocenters. The molecule has 7 heteroatoms. The number of alkyl halides is 3. The summed E-state index contributed by atoms with van der Waals surface area (Å²) in [6, 6.07) is 0.350. The Morgan fingerprint density at radius 1 is 1.38 bits per heavy atom. The third-order valence-corrected chi connectivity index (χ3v) is 4.58. The van der Waals surface area contributed by atoms with Gasteiger partial charge in [0.25, 0.3) is 0 Å². The summed E-state index contributed by atoms with van der Waals surface area (Å²) in [6.07, 6.45) is -1.08. The number of nitrogens with zero attached hydrogens (tertiary/aromatic N) is 2. The summed E-state index contributed by atoms with van der Waals surface area (Å²) in [5.74, 6) is 0. The lowest BCUT2D eigenvalue weighted by Gasteiger charge is -2.27. The van der Waals surface area contributed by atoms with Gasteiger partial charge in [-0.2, -0.15) is 13.2 Å². The number of hydrogen-bond donors (Lipinski definition) is 1. The molecule has 0 aliphatic heterocycles. The van der Waals surface area contributed by atoms with Crippen LogP contribution in [-0.2, 0) is 13.0 Å². The SMILES string of the molecule is CCc1nc(N(CC(F)(F)F)C(C)C)sc1CNC1CC1. The van der Waals surface area contributed by atoms with Gasteiger partial charge in [-0.25, -0.2) is 4.98 Å². The quantitative estimate of drug-likeness (QED) is 0.829. The summed E-state index contributed by atoms with van der Waals surface area (Å²) < 4.78 is 38.2. The zero-order valence-electron chi connectivity index (χ0n) is 12.6. The van der Waals surface area contributed by atoms with E-state index in [-0.39, 0.29) is 6.04 Å². The highest BCUT2D eigenvalue weighted by Gasteiger charge is 2.33. The molecular weight excluding hydrogens is 299 g/mol. The van der Waals surface area contributed by atoms with Crippen LogP contribution in [0, 0.1) is 0 Å². The Morgan fingerprint density at radius 3 is 2.52 bits per heavy atom. The Balaban J connectivity index is 2.15. The molecule has 1 saturated carbocycles. The third kappa shape index (κ3) is 4.85. The van der Waals surface area contributed by atoms with Gasteiger partial charge in [-0.1, -0.05) is 6.92 Å². The second-order valence-corrected chi connectivity index (χ2v) is 6.77. The molecule has 0 amide bonds. The molecular formula is C14H22F3N3S. The first-order valence-corrected chi connectivity index (χ1v) is 8.17. The molecule has 3 nitrogen and oxygen atoms in total.